The van der Waals surface area contributed by atoms with E-state index in [1.54, 1.807) is 19.1 Å². The number of nitro benzene ring substituents is 1. The molecule has 0 fully saturated rings. The van der Waals surface area contributed by atoms with Crippen LogP contribution in [0.3, 0.4) is 0 Å². The predicted molar refractivity (Wildman–Crippen MR) is 95.0 cm³/mol. The molecular formula is C19H24N2O3. The van der Waals surface area contributed by atoms with Gasteiger partial charge in [0.25, 0.3) is 5.69 Å². The van der Waals surface area contributed by atoms with Crippen molar-refractivity contribution in [3.8, 4) is 0 Å². The van der Waals surface area contributed by atoms with E-state index in [-0.39, 0.29) is 23.8 Å². The minimum atomic E-state index is -0.393. The van der Waals surface area contributed by atoms with Gasteiger partial charge in [0.1, 0.15) is 0 Å². The third-order valence-corrected chi connectivity index (χ3v) is 4.17. The molecule has 0 amide bonds. The maximum absolute atomic E-state index is 10.7. The van der Waals surface area contributed by atoms with Crippen LogP contribution >= 0.6 is 0 Å². The fourth-order valence-electron chi connectivity index (χ4n) is 2.80. The van der Waals surface area contributed by atoms with Gasteiger partial charge in [0.05, 0.1) is 11.0 Å². The fraction of sp³-hybridized carbons (Fsp3) is 0.368. The molecule has 128 valence electrons. The second kappa shape index (κ2) is 8.57. The summed E-state index contributed by atoms with van der Waals surface area (Å²) in [5, 5.41) is 24.0. The van der Waals surface area contributed by atoms with Gasteiger partial charge in [0.15, 0.2) is 0 Å². The topological polar surface area (TPSA) is 75.4 Å². The number of nitrogens with zero attached hydrogens (tertiary/aromatic N) is 1. The number of benzene rings is 2. The molecule has 24 heavy (non-hydrogen) atoms. The van der Waals surface area contributed by atoms with E-state index in [4.69, 9.17) is 0 Å². The summed E-state index contributed by atoms with van der Waals surface area (Å²) in [5.41, 5.74) is 2.30. The van der Waals surface area contributed by atoms with E-state index in [1.165, 1.54) is 17.7 Å². The first-order chi connectivity index (χ1) is 11.5. The highest BCUT2D eigenvalue weighted by Gasteiger charge is 2.16. The van der Waals surface area contributed by atoms with Crippen LogP contribution < -0.4 is 5.32 Å². The van der Waals surface area contributed by atoms with Gasteiger partial charge in [0.2, 0.25) is 0 Å². The molecule has 0 saturated carbocycles. The molecule has 0 spiro atoms. The van der Waals surface area contributed by atoms with Crippen molar-refractivity contribution in [2.75, 3.05) is 6.54 Å². The Morgan fingerprint density at radius 1 is 1.04 bits per heavy atom. The zero-order valence-corrected chi connectivity index (χ0v) is 14.1. The summed E-state index contributed by atoms with van der Waals surface area (Å²) in [5.74, 6) is 0.215. The Labute approximate surface area is 142 Å². The molecule has 3 unspecified atom stereocenters. The SMILES string of the molecule is CC(O)CC(CNC(C)c1ccc([N+](=O)[O-])cc1)c1ccccc1. The highest BCUT2D eigenvalue weighted by molar-refractivity contribution is 5.34. The first-order valence-electron chi connectivity index (χ1n) is 8.18. The van der Waals surface area contributed by atoms with Crippen LogP contribution in [0.15, 0.2) is 54.6 Å². The third kappa shape index (κ3) is 5.15. The number of aliphatic hydroxyl groups is 1. The Balaban J connectivity index is 2.01. The molecule has 0 aliphatic rings. The van der Waals surface area contributed by atoms with E-state index in [0.717, 1.165) is 12.1 Å². The van der Waals surface area contributed by atoms with Gasteiger partial charge in [-0.1, -0.05) is 42.5 Å². The number of rotatable bonds is 8. The normalized spacial score (nSPS) is 14.8. The van der Waals surface area contributed by atoms with Crippen LogP contribution in [0.2, 0.25) is 0 Å². The molecule has 2 rings (SSSR count). The molecule has 0 saturated heterocycles. The van der Waals surface area contributed by atoms with Crippen molar-refractivity contribution in [1.29, 1.82) is 0 Å². The van der Waals surface area contributed by atoms with E-state index < -0.39 is 4.92 Å². The quantitative estimate of drug-likeness (QED) is 0.571. The molecule has 2 aromatic rings. The summed E-state index contributed by atoms with van der Waals surface area (Å²) in [7, 11) is 0. The van der Waals surface area contributed by atoms with E-state index in [0.29, 0.717) is 6.42 Å². The summed E-state index contributed by atoms with van der Waals surface area (Å²) in [6.45, 7) is 4.56. The van der Waals surface area contributed by atoms with Crippen molar-refractivity contribution >= 4 is 5.69 Å². The lowest BCUT2D eigenvalue weighted by atomic mass is 9.93. The van der Waals surface area contributed by atoms with Gasteiger partial charge in [0, 0.05) is 24.7 Å². The zero-order valence-electron chi connectivity index (χ0n) is 14.1. The maximum atomic E-state index is 10.7. The van der Waals surface area contributed by atoms with Gasteiger partial charge in [-0.3, -0.25) is 10.1 Å². The second-order valence-corrected chi connectivity index (χ2v) is 6.17. The van der Waals surface area contributed by atoms with Gasteiger partial charge < -0.3 is 10.4 Å². The van der Waals surface area contributed by atoms with Crippen LogP contribution in [0.1, 0.15) is 43.4 Å². The van der Waals surface area contributed by atoms with Crippen molar-refractivity contribution in [2.45, 2.75) is 38.3 Å². The molecule has 0 heterocycles. The molecular weight excluding hydrogens is 304 g/mol. The van der Waals surface area contributed by atoms with Gasteiger partial charge >= 0.3 is 0 Å². The molecule has 2 aromatic carbocycles. The highest BCUT2D eigenvalue weighted by Crippen LogP contribution is 2.23. The lowest BCUT2D eigenvalue weighted by molar-refractivity contribution is -0.384. The first-order valence-corrected chi connectivity index (χ1v) is 8.18. The Morgan fingerprint density at radius 2 is 1.67 bits per heavy atom. The highest BCUT2D eigenvalue weighted by atomic mass is 16.6. The summed E-state index contributed by atoms with van der Waals surface area (Å²) in [4.78, 5) is 10.3. The van der Waals surface area contributed by atoms with Crippen LogP contribution in [0, 0.1) is 10.1 Å². The number of hydrogen-bond donors (Lipinski definition) is 2. The fourth-order valence-corrected chi connectivity index (χ4v) is 2.80. The lowest BCUT2D eigenvalue weighted by Crippen LogP contribution is -2.26. The second-order valence-electron chi connectivity index (χ2n) is 6.17. The van der Waals surface area contributed by atoms with E-state index in [1.807, 2.05) is 25.1 Å². The van der Waals surface area contributed by atoms with Crippen molar-refractivity contribution in [2.24, 2.45) is 0 Å². The lowest BCUT2D eigenvalue weighted by Gasteiger charge is -2.22. The molecule has 0 aromatic heterocycles. The molecule has 2 N–H and O–H groups in total. The molecule has 0 aliphatic heterocycles. The predicted octanol–water partition coefficient (Wildman–Crippen LogP) is 3.80. The molecule has 0 radical (unpaired) electrons. The third-order valence-electron chi connectivity index (χ3n) is 4.17. The average Bonchev–Trinajstić information content (AvgIpc) is 2.59. The van der Waals surface area contributed by atoms with Crippen LogP contribution in [0.25, 0.3) is 0 Å². The monoisotopic (exact) mass is 328 g/mol. The van der Waals surface area contributed by atoms with Crippen molar-refractivity contribution in [3.05, 3.63) is 75.8 Å². The number of aliphatic hydroxyl groups excluding tert-OH is 1. The Bertz CT molecular complexity index is 641. The minimum absolute atomic E-state index is 0.0750. The summed E-state index contributed by atoms with van der Waals surface area (Å²) >= 11 is 0. The molecule has 0 bridgehead atoms. The molecule has 0 aliphatic carbocycles. The first kappa shape index (κ1) is 18.1. The summed E-state index contributed by atoms with van der Waals surface area (Å²) < 4.78 is 0. The van der Waals surface area contributed by atoms with Crippen LogP contribution in [0.5, 0.6) is 0 Å². The van der Waals surface area contributed by atoms with Crippen molar-refractivity contribution < 1.29 is 10.0 Å². The Hall–Kier alpha value is -2.24. The average molecular weight is 328 g/mol. The molecule has 5 heteroatoms. The maximum Gasteiger partial charge on any atom is 0.269 e. The number of nitrogens with one attached hydrogen (secondary N) is 1. The van der Waals surface area contributed by atoms with Gasteiger partial charge in [-0.25, -0.2) is 0 Å². The summed E-state index contributed by atoms with van der Waals surface area (Å²) in [6, 6.07) is 16.8. The van der Waals surface area contributed by atoms with Crippen LogP contribution in [-0.4, -0.2) is 22.7 Å². The van der Waals surface area contributed by atoms with E-state index in [2.05, 4.69) is 17.4 Å². The van der Waals surface area contributed by atoms with E-state index >= 15 is 0 Å². The van der Waals surface area contributed by atoms with Gasteiger partial charge in [-0.15, -0.1) is 0 Å². The number of nitro groups is 1. The van der Waals surface area contributed by atoms with Crippen LogP contribution in [0.4, 0.5) is 5.69 Å². The van der Waals surface area contributed by atoms with Gasteiger partial charge in [-0.2, -0.15) is 0 Å². The van der Waals surface area contributed by atoms with Crippen molar-refractivity contribution in [3.63, 3.8) is 0 Å². The Morgan fingerprint density at radius 3 is 2.21 bits per heavy atom. The van der Waals surface area contributed by atoms with Gasteiger partial charge in [-0.05, 0) is 37.3 Å². The van der Waals surface area contributed by atoms with E-state index in [9.17, 15) is 15.2 Å². The van der Waals surface area contributed by atoms with Crippen LogP contribution in [-0.2, 0) is 0 Å². The smallest absolute Gasteiger partial charge is 0.269 e. The standard InChI is InChI=1S/C19H24N2O3/c1-14(22)12-18(17-6-4-3-5-7-17)13-20-15(2)16-8-10-19(11-9-16)21(23)24/h3-11,14-15,18,20,22H,12-13H2,1-2H3. The minimum Gasteiger partial charge on any atom is -0.393 e. The summed E-state index contributed by atoms with van der Waals surface area (Å²) in [6.07, 6.45) is 0.316. The van der Waals surface area contributed by atoms with Crippen molar-refractivity contribution in [1.82, 2.24) is 5.32 Å². The molecule has 3 atom stereocenters. The number of non-ortho nitro benzene ring substituents is 1. The zero-order chi connectivity index (χ0) is 17.5. The largest absolute Gasteiger partial charge is 0.393 e. The molecule has 5 nitrogen and oxygen atoms in total. The number of hydrogen-bond acceptors (Lipinski definition) is 4. The Kier molecular flexibility index (Phi) is 6.46.